The van der Waals surface area contributed by atoms with E-state index in [1.54, 1.807) is 27.9 Å². The number of alkyl carbamates (subject to hydrolysis) is 1. The standard InChI is InChI=1S/C15H20INO4.C7H7IO/c1-15(2,3)21-14(19)17-12(13(18)20-4)9-10-5-7-11(16)8-6-10;1-9-7-4-2-3-6(8)5-7/h5-8,12H,9H2,1-4H3,(H,17,19);2-5H,1H3/t12-;/m0./s1. The molecule has 2 rings (SSSR count). The molecule has 0 aliphatic rings. The first-order valence-electron chi connectivity index (χ1n) is 9.15. The molecule has 1 N–H and O–H groups in total. The van der Waals surface area contributed by atoms with Gasteiger partial charge in [-0.1, -0.05) is 18.2 Å². The molecule has 1 atom stereocenters. The Morgan fingerprint density at radius 2 is 1.63 bits per heavy atom. The fourth-order valence-corrected chi connectivity index (χ4v) is 3.11. The molecule has 0 saturated carbocycles. The minimum Gasteiger partial charge on any atom is -0.497 e. The van der Waals surface area contributed by atoms with Crippen LogP contribution >= 0.6 is 45.2 Å². The van der Waals surface area contributed by atoms with Gasteiger partial charge in [0.05, 0.1) is 14.2 Å². The fourth-order valence-electron chi connectivity index (χ4n) is 2.24. The Kier molecular flexibility index (Phi) is 11.5. The summed E-state index contributed by atoms with van der Waals surface area (Å²) in [5.74, 6) is 0.418. The fraction of sp³-hybridized carbons (Fsp3) is 0.364. The van der Waals surface area contributed by atoms with Gasteiger partial charge in [-0.05, 0) is 102 Å². The highest BCUT2D eigenvalue weighted by atomic mass is 127. The van der Waals surface area contributed by atoms with Crippen LogP contribution in [0, 0.1) is 7.14 Å². The van der Waals surface area contributed by atoms with Crippen LogP contribution in [0.4, 0.5) is 4.79 Å². The number of amides is 1. The van der Waals surface area contributed by atoms with E-state index in [0.29, 0.717) is 6.42 Å². The molecular formula is C22H27I2NO5. The summed E-state index contributed by atoms with van der Waals surface area (Å²) in [7, 11) is 2.96. The number of esters is 1. The van der Waals surface area contributed by atoms with Crippen LogP contribution in [0.2, 0.25) is 0 Å². The Balaban J connectivity index is 0.000000414. The van der Waals surface area contributed by atoms with E-state index in [1.165, 1.54) is 10.7 Å². The van der Waals surface area contributed by atoms with Crippen LogP contribution in [0.3, 0.4) is 0 Å². The molecule has 6 nitrogen and oxygen atoms in total. The summed E-state index contributed by atoms with van der Waals surface area (Å²) in [6, 6.07) is 14.9. The number of hydrogen-bond donors (Lipinski definition) is 1. The van der Waals surface area contributed by atoms with E-state index in [1.807, 2.05) is 48.5 Å². The van der Waals surface area contributed by atoms with E-state index >= 15 is 0 Å². The van der Waals surface area contributed by atoms with Crippen LogP contribution < -0.4 is 10.1 Å². The van der Waals surface area contributed by atoms with Gasteiger partial charge in [-0.3, -0.25) is 0 Å². The predicted molar refractivity (Wildman–Crippen MR) is 134 cm³/mol. The van der Waals surface area contributed by atoms with Crippen LogP contribution in [0.1, 0.15) is 26.3 Å². The molecule has 8 heteroatoms. The van der Waals surface area contributed by atoms with Gasteiger partial charge < -0.3 is 19.5 Å². The summed E-state index contributed by atoms with van der Waals surface area (Å²) in [5, 5.41) is 2.55. The molecule has 0 bridgehead atoms. The number of hydrogen-bond acceptors (Lipinski definition) is 5. The average Bonchev–Trinajstić information content (AvgIpc) is 2.67. The third-order valence-corrected chi connectivity index (χ3v) is 4.95. The quantitative estimate of drug-likeness (QED) is 0.360. The first-order valence-corrected chi connectivity index (χ1v) is 11.3. The Bertz CT molecular complexity index is 819. The Morgan fingerprint density at radius 1 is 1.00 bits per heavy atom. The normalized spacial score (nSPS) is 11.4. The van der Waals surface area contributed by atoms with E-state index in [4.69, 9.17) is 14.2 Å². The number of halogens is 2. The molecule has 0 aliphatic heterocycles. The van der Waals surface area contributed by atoms with Gasteiger partial charge in [0.1, 0.15) is 17.4 Å². The SMILES string of the molecule is COC(=O)[C@H](Cc1ccc(I)cc1)NC(=O)OC(C)(C)C.COc1cccc(I)c1. The second kappa shape index (κ2) is 13.0. The summed E-state index contributed by atoms with van der Waals surface area (Å²) >= 11 is 4.45. The first kappa shape index (κ1) is 26.5. The molecule has 0 unspecified atom stereocenters. The molecule has 1 amide bonds. The average molecular weight is 639 g/mol. The summed E-state index contributed by atoms with van der Waals surface area (Å²) < 4.78 is 17.2. The smallest absolute Gasteiger partial charge is 0.408 e. The lowest BCUT2D eigenvalue weighted by atomic mass is 10.1. The number of carbonyl (C=O) groups is 2. The van der Waals surface area contributed by atoms with Crippen molar-refractivity contribution in [2.45, 2.75) is 38.8 Å². The van der Waals surface area contributed by atoms with Gasteiger partial charge in [-0.25, -0.2) is 9.59 Å². The Hall–Kier alpha value is -1.56. The lowest BCUT2D eigenvalue weighted by molar-refractivity contribution is -0.143. The molecule has 164 valence electrons. The van der Waals surface area contributed by atoms with Gasteiger partial charge in [0.15, 0.2) is 0 Å². The van der Waals surface area contributed by atoms with E-state index < -0.39 is 23.7 Å². The van der Waals surface area contributed by atoms with Crippen molar-refractivity contribution < 1.29 is 23.8 Å². The second-order valence-electron chi connectivity index (χ2n) is 7.21. The zero-order chi connectivity index (χ0) is 22.7. The monoisotopic (exact) mass is 639 g/mol. The molecule has 0 saturated heterocycles. The van der Waals surface area contributed by atoms with Crippen molar-refractivity contribution in [2.24, 2.45) is 0 Å². The van der Waals surface area contributed by atoms with Crippen LogP contribution in [-0.2, 0) is 20.7 Å². The van der Waals surface area contributed by atoms with Gasteiger partial charge in [-0.2, -0.15) is 0 Å². The minimum atomic E-state index is -0.773. The van der Waals surface area contributed by atoms with Gasteiger partial charge in [0.25, 0.3) is 0 Å². The predicted octanol–water partition coefficient (Wildman–Crippen LogP) is 5.20. The van der Waals surface area contributed by atoms with Crippen molar-refractivity contribution in [1.82, 2.24) is 5.32 Å². The lowest BCUT2D eigenvalue weighted by Crippen LogP contribution is -2.45. The number of rotatable bonds is 5. The summed E-state index contributed by atoms with van der Waals surface area (Å²) in [5.41, 5.74) is 0.315. The van der Waals surface area contributed by atoms with Crippen LogP contribution in [-0.4, -0.2) is 37.9 Å². The van der Waals surface area contributed by atoms with E-state index in [2.05, 4.69) is 50.5 Å². The Labute approximate surface area is 205 Å². The van der Waals surface area contributed by atoms with Crippen molar-refractivity contribution in [3.63, 3.8) is 0 Å². The maximum absolute atomic E-state index is 11.8. The highest BCUT2D eigenvalue weighted by Gasteiger charge is 2.25. The molecule has 0 spiro atoms. The van der Waals surface area contributed by atoms with Gasteiger partial charge in [0.2, 0.25) is 0 Å². The highest BCUT2D eigenvalue weighted by molar-refractivity contribution is 14.1. The second-order valence-corrected chi connectivity index (χ2v) is 9.71. The lowest BCUT2D eigenvalue weighted by Gasteiger charge is -2.22. The largest absolute Gasteiger partial charge is 0.497 e. The van der Waals surface area contributed by atoms with E-state index in [-0.39, 0.29) is 0 Å². The molecule has 2 aromatic rings. The molecule has 0 aromatic heterocycles. The number of benzene rings is 2. The molecule has 0 aliphatic carbocycles. The maximum atomic E-state index is 11.8. The number of ether oxygens (including phenoxy) is 3. The first-order chi connectivity index (χ1) is 14.0. The van der Waals surface area contributed by atoms with Crippen molar-refractivity contribution in [3.8, 4) is 5.75 Å². The van der Waals surface area contributed by atoms with Gasteiger partial charge in [0, 0.05) is 13.6 Å². The number of carbonyl (C=O) groups excluding carboxylic acids is 2. The van der Waals surface area contributed by atoms with Gasteiger partial charge in [-0.15, -0.1) is 0 Å². The van der Waals surface area contributed by atoms with Crippen molar-refractivity contribution in [3.05, 3.63) is 61.2 Å². The molecule has 30 heavy (non-hydrogen) atoms. The number of methoxy groups -OCH3 is 2. The summed E-state index contributed by atoms with van der Waals surface area (Å²) in [6.07, 6.45) is -0.286. The molecule has 0 heterocycles. The van der Waals surface area contributed by atoms with Crippen molar-refractivity contribution in [1.29, 1.82) is 0 Å². The van der Waals surface area contributed by atoms with E-state index in [0.717, 1.165) is 14.9 Å². The van der Waals surface area contributed by atoms with Gasteiger partial charge >= 0.3 is 12.1 Å². The Morgan fingerprint density at radius 3 is 2.10 bits per heavy atom. The third kappa shape index (κ3) is 11.0. The molecule has 0 fully saturated rings. The summed E-state index contributed by atoms with van der Waals surface area (Å²) in [6.45, 7) is 5.29. The highest BCUT2D eigenvalue weighted by Crippen LogP contribution is 2.13. The maximum Gasteiger partial charge on any atom is 0.408 e. The molecule has 2 aromatic carbocycles. The topological polar surface area (TPSA) is 73.9 Å². The number of nitrogens with one attached hydrogen (secondary N) is 1. The molecule has 0 radical (unpaired) electrons. The molecular weight excluding hydrogens is 612 g/mol. The third-order valence-electron chi connectivity index (χ3n) is 3.56. The van der Waals surface area contributed by atoms with Crippen LogP contribution in [0.15, 0.2) is 48.5 Å². The van der Waals surface area contributed by atoms with Crippen molar-refractivity contribution in [2.75, 3.05) is 14.2 Å². The van der Waals surface area contributed by atoms with Crippen LogP contribution in [0.5, 0.6) is 5.75 Å². The zero-order valence-electron chi connectivity index (χ0n) is 17.7. The summed E-state index contributed by atoms with van der Waals surface area (Å²) in [4.78, 5) is 23.6. The van der Waals surface area contributed by atoms with Crippen molar-refractivity contribution >= 4 is 57.2 Å². The van der Waals surface area contributed by atoms with E-state index in [9.17, 15) is 9.59 Å². The minimum absolute atomic E-state index is 0.350. The van der Waals surface area contributed by atoms with Crippen LogP contribution in [0.25, 0.3) is 0 Å². The zero-order valence-corrected chi connectivity index (χ0v) is 22.0.